The van der Waals surface area contributed by atoms with Gasteiger partial charge in [0.05, 0.1) is 6.61 Å². The van der Waals surface area contributed by atoms with Crippen LogP contribution in [0, 0.1) is 5.82 Å². The van der Waals surface area contributed by atoms with Crippen molar-refractivity contribution in [3.05, 3.63) is 35.6 Å². The molecule has 0 atom stereocenters. The zero-order valence-corrected chi connectivity index (χ0v) is 9.13. The number of rotatable bonds is 5. The number of ether oxygens (including phenoxy) is 1. The third kappa shape index (κ3) is 4.27. The summed E-state index contributed by atoms with van der Waals surface area (Å²) < 4.78 is 17.9. The first-order chi connectivity index (χ1) is 7.74. The predicted molar refractivity (Wildman–Crippen MR) is 58.5 cm³/mol. The molecule has 0 aromatic heterocycles. The van der Waals surface area contributed by atoms with Gasteiger partial charge in [-0.15, -0.1) is 0 Å². The summed E-state index contributed by atoms with van der Waals surface area (Å²) in [6.07, 6.45) is 0. The minimum absolute atomic E-state index is 0.172. The third-order valence-corrected chi connectivity index (χ3v) is 1.99. The Hall–Kier alpha value is -1.62. The van der Waals surface area contributed by atoms with E-state index < -0.39 is 0 Å². The molecule has 88 valence electrons. The van der Waals surface area contributed by atoms with Gasteiger partial charge in [0.2, 0.25) is 0 Å². The Morgan fingerprint density at radius 1 is 1.38 bits per heavy atom. The van der Waals surface area contributed by atoms with Crippen LogP contribution in [-0.4, -0.2) is 26.3 Å². The van der Waals surface area contributed by atoms with Gasteiger partial charge in [-0.3, -0.25) is 0 Å². The minimum Gasteiger partial charge on any atom is -0.383 e. The summed E-state index contributed by atoms with van der Waals surface area (Å²) in [6, 6.07) is 5.99. The monoisotopic (exact) mass is 226 g/mol. The van der Waals surface area contributed by atoms with Gasteiger partial charge in [-0.1, -0.05) is 18.2 Å². The van der Waals surface area contributed by atoms with Crippen molar-refractivity contribution in [3.63, 3.8) is 0 Å². The summed E-state index contributed by atoms with van der Waals surface area (Å²) in [6.45, 7) is 1.05. The summed E-state index contributed by atoms with van der Waals surface area (Å²) in [7, 11) is 1.55. The Balaban J connectivity index is 2.29. The number of amides is 2. The third-order valence-electron chi connectivity index (χ3n) is 1.99. The lowest BCUT2D eigenvalue weighted by atomic mass is 10.2. The average molecular weight is 226 g/mol. The van der Waals surface area contributed by atoms with Gasteiger partial charge in [-0.25, -0.2) is 9.18 Å². The van der Waals surface area contributed by atoms with Crippen LogP contribution in [0.1, 0.15) is 5.56 Å². The van der Waals surface area contributed by atoms with Crippen LogP contribution in [-0.2, 0) is 11.3 Å². The summed E-state index contributed by atoms with van der Waals surface area (Å²) in [5.74, 6) is -0.320. The van der Waals surface area contributed by atoms with Gasteiger partial charge in [0.25, 0.3) is 0 Å². The fourth-order valence-corrected chi connectivity index (χ4v) is 1.15. The van der Waals surface area contributed by atoms with Gasteiger partial charge in [0.1, 0.15) is 5.82 Å². The van der Waals surface area contributed by atoms with Crippen molar-refractivity contribution >= 4 is 6.03 Å². The van der Waals surface area contributed by atoms with E-state index in [4.69, 9.17) is 4.74 Å². The largest absolute Gasteiger partial charge is 0.383 e. The van der Waals surface area contributed by atoms with E-state index in [-0.39, 0.29) is 18.4 Å². The maximum atomic E-state index is 13.2. The molecule has 0 fully saturated rings. The van der Waals surface area contributed by atoms with Crippen LogP contribution in [0.5, 0.6) is 0 Å². The second kappa shape index (κ2) is 6.79. The van der Waals surface area contributed by atoms with Crippen molar-refractivity contribution < 1.29 is 13.9 Å². The first-order valence-corrected chi connectivity index (χ1v) is 4.98. The number of methoxy groups -OCH3 is 1. The van der Waals surface area contributed by atoms with E-state index in [0.717, 1.165) is 0 Å². The number of carbonyl (C=O) groups is 1. The van der Waals surface area contributed by atoms with Gasteiger partial charge in [0, 0.05) is 25.8 Å². The van der Waals surface area contributed by atoms with Gasteiger partial charge in [0.15, 0.2) is 0 Å². The second-order valence-corrected chi connectivity index (χ2v) is 3.19. The van der Waals surface area contributed by atoms with Crippen molar-refractivity contribution in [2.45, 2.75) is 6.54 Å². The number of carbonyl (C=O) groups excluding carboxylic acids is 1. The summed E-state index contributed by atoms with van der Waals surface area (Å²) in [4.78, 5) is 11.2. The van der Waals surface area contributed by atoms with Gasteiger partial charge in [-0.05, 0) is 6.07 Å². The lowest BCUT2D eigenvalue weighted by Gasteiger charge is -2.07. The van der Waals surface area contributed by atoms with E-state index in [1.54, 1.807) is 25.3 Å². The molecule has 0 saturated carbocycles. The normalized spacial score (nSPS) is 9.88. The topological polar surface area (TPSA) is 50.4 Å². The highest BCUT2D eigenvalue weighted by Crippen LogP contribution is 2.04. The van der Waals surface area contributed by atoms with E-state index in [0.29, 0.717) is 18.7 Å². The Morgan fingerprint density at radius 2 is 2.12 bits per heavy atom. The van der Waals surface area contributed by atoms with E-state index in [2.05, 4.69) is 10.6 Å². The van der Waals surface area contributed by atoms with Crippen molar-refractivity contribution in [3.8, 4) is 0 Å². The molecule has 5 heteroatoms. The van der Waals surface area contributed by atoms with Gasteiger partial charge in [-0.2, -0.15) is 0 Å². The van der Waals surface area contributed by atoms with Crippen molar-refractivity contribution in [1.29, 1.82) is 0 Å². The SMILES string of the molecule is COCCNC(=O)NCc1ccccc1F. The van der Waals surface area contributed by atoms with Crippen molar-refractivity contribution in [2.24, 2.45) is 0 Å². The number of hydrogen-bond donors (Lipinski definition) is 2. The number of benzene rings is 1. The molecular weight excluding hydrogens is 211 g/mol. The summed E-state index contributed by atoms with van der Waals surface area (Å²) in [5, 5.41) is 5.13. The molecule has 1 rings (SSSR count). The van der Waals surface area contributed by atoms with Gasteiger partial charge >= 0.3 is 6.03 Å². The maximum absolute atomic E-state index is 13.2. The zero-order chi connectivity index (χ0) is 11.8. The number of urea groups is 1. The minimum atomic E-state index is -0.333. The maximum Gasteiger partial charge on any atom is 0.315 e. The molecule has 0 aliphatic carbocycles. The van der Waals surface area contributed by atoms with Crippen LogP contribution >= 0.6 is 0 Å². The first-order valence-electron chi connectivity index (χ1n) is 4.98. The molecule has 1 aromatic carbocycles. The van der Waals surface area contributed by atoms with E-state index in [1.165, 1.54) is 6.07 Å². The Bertz CT molecular complexity index is 345. The lowest BCUT2D eigenvalue weighted by Crippen LogP contribution is -2.36. The quantitative estimate of drug-likeness (QED) is 0.743. The molecule has 0 unspecified atom stereocenters. The highest BCUT2D eigenvalue weighted by molar-refractivity contribution is 5.73. The smallest absolute Gasteiger partial charge is 0.315 e. The van der Waals surface area contributed by atoms with E-state index >= 15 is 0 Å². The Labute approximate surface area is 93.8 Å². The molecule has 1 aromatic rings. The predicted octanol–water partition coefficient (Wildman–Crippen LogP) is 1.27. The lowest BCUT2D eigenvalue weighted by molar-refractivity contribution is 0.196. The van der Waals surface area contributed by atoms with Crippen LogP contribution in [0.25, 0.3) is 0 Å². The molecule has 0 radical (unpaired) electrons. The fourth-order valence-electron chi connectivity index (χ4n) is 1.15. The molecular formula is C11H15FN2O2. The second-order valence-electron chi connectivity index (χ2n) is 3.19. The van der Waals surface area contributed by atoms with Crippen LogP contribution in [0.15, 0.2) is 24.3 Å². The molecule has 4 nitrogen and oxygen atoms in total. The molecule has 2 amide bonds. The fraction of sp³-hybridized carbons (Fsp3) is 0.364. The summed E-state index contributed by atoms with van der Waals surface area (Å²) in [5.41, 5.74) is 0.462. The number of hydrogen-bond acceptors (Lipinski definition) is 2. The van der Waals surface area contributed by atoms with Crippen molar-refractivity contribution in [1.82, 2.24) is 10.6 Å². The Kier molecular flexibility index (Phi) is 5.28. The number of nitrogens with one attached hydrogen (secondary N) is 2. The van der Waals surface area contributed by atoms with Crippen LogP contribution < -0.4 is 10.6 Å². The van der Waals surface area contributed by atoms with Crippen LogP contribution in [0.4, 0.5) is 9.18 Å². The van der Waals surface area contributed by atoms with E-state index in [1.807, 2.05) is 0 Å². The molecule has 16 heavy (non-hydrogen) atoms. The highest BCUT2D eigenvalue weighted by Gasteiger charge is 2.02. The standard InChI is InChI=1S/C11H15FN2O2/c1-16-7-6-13-11(15)14-8-9-4-2-3-5-10(9)12/h2-5H,6-8H2,1H3,(H2,13,14,15). The first kappa shape index (κ1) is 12.4. The Morgan fingerprint density at radius 3 is 2.81 bits per heavy atom. The summed E-state index contributed by atoms with van der Waals surface area (Å²) >= 11 is 0. The van der Waals surface area contributed by atoms with Gasteiger partial charge < -0.3 is 15.4 Å². The molecule has 0 bridgehead atoms. The molecule has 0 heterocycles. The highest BCUT2D eigenvalue weighted by atomic mass is 19.1. The van der Waals surface area contributed by atoms with Crippen molar-refractivity contribution in [2.75, 3.05) is 20.3 Å². The average Bonchev–Trinajstić information content (AvgIpc) is 2.28. The molecule has 0 saturated heterocycles. The molecule has 0 aliphatic rings. The van der Waals surface area contributed by atoms with Crippen LogP contribution in [0.2, 0.25) is 0 Å². The van der Waals surface area contributed by atoms with Crippen LogP contribution in [0.3, 0.4) is 0 Å². The van der Waals surface area contributed by atoms with E-state index in [9.17, 15) is 9.18 Å². The zero-order valence-electron chi connectivity index (χ0n) is 9.13. The molecule has 0 aliphatic heterocycles. The molecule has 2 N–H and O–H groups in total. The molecule has 0 spiro atoms. The number of halogens is 1.